The van der Waals surface area contributed by atoms with Crippen LogP contribution in [-0.4, -0.2) is 72.2 Å². The Hall–Kier alpha value is -1.72. The van der Waals surface area contributed by atoms with Crippen molar-refractivity contribution in [1.82, 2.24) is 14.7 Å². The van der Waals surface area contributed by atoms with Crippen LogP contribution in [-0.2, 0) is 17.8 Å². The van der Waals surface area contributed by atoms with Crippen LogP contribution in [0.4, 0.5) is 0 Å². The number of rotatable bonds is 4. The lowest BCUT2D eigenvalue weighted by atomic mass is 9.96. The van der Waals surface area contributed by atoms with Crippen molar-refractivity contribution in [3.05, 3.63) is 34.9 Å². The molecule has 1 aromatic rings. The van der Waals surface area contributed by atoms with Gasteiger partial charge in [-0.15, -0.1) is 0 Å². The van der Waals surface area contributed by atoms with Gasteiger partial charge in [0.05, 0.1) is 6.54 Å². The molecule has 0 unspecified atom stereocenters. The normalized spacial score (nSPS) is 19.2. The van der Waals surface area contributed by atoms with Crippen molar-refractivity contribution in [3.63, 3.8) is 0 Å². The number of ketones is 1. The smallest absolute Gasteiger partial charge is 0.236 e. The van der Waals surface area contributed by atoms with Gasteiger partial charge in [-0.1, -0.05) is 19.1 Å². The predicted molar refractivity (Wildman–Crippen MR) is 94.1 cm³/mol. The maximum absolute atomic E-state index is 12.5. The predicted octanol–water partition coefficient (Wildman–Crippen LogP) is 1.41. The number of hydrogen-bond acceptors (Lipinski definition) is 4. The lowest BCUT2D eigenvalue weighted by Gasteiger charge is -2.36. The first-order valence-corrected chi connectivity index (χ1v) is 8.92. The summed E-state index contributed by atoms with van der Waals surface area (Å²) >= 11 is 0. The van der Waals surface area contributed by atoms with Crippen LogP contribution in [0.15, 0.2) is 18.2 Å². The molecule has 2 aliphatic rings. The maximum Gasteiger partial charge on any atom is 0.236 e. The highest BCUT2D eigenvalue weighted by atomic mass is 16.2. The molecule has 2 heterocycles. The lowest BCUT2D eigenvalue weighted by Crippen LogP contribution is -2.51. The molecule has 1 fully saturated rings. The summed E-state index contributed by atoms with van der Waals surface area (Å²) in [6.45, 7) is 10.7. The minimum Gasteiger partial charge on any atom is -0.339 e. The molecule has 0 aromatic heterocycles. The van der Waals surface area contributed by atoms with E-state index in [-0.39, 0.29) is 11.7 Å². The van der Waals surface area contributed by atoms with Gasteiger partial charge in [-0.05, 0) is 37.1 Å². The summed E-state index contributed by atoms with van der Waals surface area (Å²) in [6, 6.07) is 5.96. The molecule has 1 aromatic carbocycles. The molecule has 5 nitrogen and oxygen atoms in total. The Morgan fingerprint density at radius 2 is 1.75 bits per heavy atom. The van der Waals surface area contributed by atoms with Gasteiger partial charge < -0.3 is 9.80 Å². The third kappa shape index (κ3) is 3.84. The molecule has 1 amide bonds. The third-order valence-corrected chi connectivity index (χ3v) is 5.24. The molecule has 0 N–H and O–H groups in total. The number of Topliss-reactive ketones (excluding diaryl/α,β-unsaturated/α-hetero) is 1. The molecule has 1 saturated heterocycles. The zero-order valence-corrected chi connectivity index (χ0v) is 14.8. The van der Waals surface area contributed by atoms with E-state index in [1.54, 1.807) is 6.92 Å². The molecular formula is C19H27N3O2. The minimum atomic E-state index is 0.113. The van der Waals surface area contributed by atoms with Crippen LogP contribution in [0, 0.1) is 0 Å². The Morgan fingerprint density at radius 3 is 2.42 bits per heavy atom. The summed E-state index contributed by atoms with van der Waals surface area (Å²) in [6.07, 6.45) is 0.910. The van der Waals surface area contributed by atoms with E-state index in [9.17, 15) is 9.59 Å². The summed E-state index contributed by atoms with van der Waals surface area (Å²) in [7, 11) is 0. The van der Waals surface area contributed by atoms with Crippen LogP contribution in [0.5, 0.6) is 0 Å². The maximum atomic E-state index is 12.5. The second-order valence-corrected chi connectivity index (χ2v) is 6.82. The first-order valence-electron chi connectivity index (χ1n) is 8.92. The van der Waals surface area contributed by atoms with Gasteiger partial charge in [-0.25, -0.2) is 0 Å². The number of piperazine rings is 1. The van der Waals surface area contributed by atoms with E-state index in [4.69, 9.17) is 0 Å². The summed E-state index contributed by atoms with van der Waals surface area (Å²) in [5, 5.41) is 0. The van der Waals surface area contributed by atoms with Crippen molar-refractivity contribution in [2.45, 2.75) is 26.8 Å². The molecule has 24 heavy (non-hydrogen) atoms. The second-order valence-electron chi connectivity index (χ2n) is 6.82. The first kappa shape index (κ1) is 17.1. The van der Waals surface area contributed by atoms with Crippen molar-refractivity contribution >= 4 is 11.7 Å². The van der Waals surface area contributed by atoms with E-state index in [1.807, 2.05) is 23.1 Å². The Bertz CT molecular complexity index is 621. The summed E-state index contributed by atoms with van der Waals surface area (Å²) in [4.78, 5) is 30.6. The molecule has 0 saturated carbocycles. The third-order valence-electron chi connectivity index (χ3n) is 5.24. The van der Waals surface area contributed by atoms with E-state index >= 15 is 0 Å². The number of benzene rings is 1. The Kier molecular flexibility index (Phi) is 5.31. The van der Waals surface area contributed by atoms with Crippen molar-refractivity contribution in [1.29, 1.82) is 0 Å². The van der Waals surface area contributed by atoms with Gasteiger partial charge in [-0.2, -0.15) is 0 Å². The number of nitrogens with zero attached hydrogens (tertiary/aromatic N) is 3. The van der Waals surface area contributed by atoms with Gasteiger partial charge in [0, 0.05) is 44.8 Å². The van der Waals surface area contributed by atoms with Gasteiger partial charge in [-0.3, -0.25) is 14.5 Å². The molecule has 130 valence electrons. The fourth-order valence-corrected chi connectivity index (χ4v) is 3.57. The Morgan fingerprint density at radius 1 is 1.00 bits per heavy atom. The molecule has 3 rings (SSSR count). The average molecular weight is 329 g/mol. The van der Waals surface area contributed by atoms with Gasteiger partial charge in [0.2, 0.25) is 5.91 Å². The molecule has 0 spiro atoms. The highest BCUT2D eigenvalue weighted by Crippen LogP contribution is 2.21. The van der Waals surface area contributed by atoms with Gasteiger partial charge in [0.1, 0.15) is 0 Å². The number of carbonyl (C=O) groups excluding carboxylic acids is 2. The topological polar surface area (TPSA) is 43.9 Å². The average Bonchev–Trinajstić information content (AvgIpc) is 2.61. The fourth-order valence-electron chi connectivity index (χ4n) is 3.57. The monoisotopic (exact) mass is 329 g/mol. The van der Waals surface area contributed by atoms with Crippen LogP contribution in [0.25, 0.3) is 0 Å². The number of amides is 1. The van der Waals surface area contributed by atoms with Crippen LogP contribution in [0.2, 0.25) is 0 Å². The quantitative estimate of drug-likeness (QED) is 0.784. The number of carbonyl (C=O) groups is 2. The van der Waals surface area contributed by atoms with Gasteiger partial charge in [0.25, 0.3) is 0 Å². The van der Waals surface area contributed by atoms with E-state index in [2.05, 4.69) is 16.7 Å². The number of hydrogen-bond donors (Lipinski definition) is 0. The highest BCUT2D eigenvalue weighted by molar-refractivity contribution is 5.94. The van der Waals surface area contributed by atoms with Gasteiger partial charge in [0.15, 0.2) is 5.78 Å². The summed E-state index contributed by atoms with van der Waals surface area (Å²) in [5.74, 6) is 0.358. The zero-order chi connectivity index (χ0) is 17.1. The molecule has 2 aliphatic heterocycles. The SMILES string of the molecule is CCN1CCN(C(=O)CN2CCc3cc(C(C)=O)ccc3C2)CC1. The standard InChI is InChI=1S/C19H27N3O2/c1-3-20-8-10-22(11-9-20)19(24)14-21-7-6-17-12-16(15(2)23)4-5-18(17)13-21/h4-5,12H,3,6-11,13-14H2,1-2H3. The first-order chi connectivity index (χ1) is 11.6. The summed E-state index contributed by atoms with van der Waals surface area (Å²) < 4.78 is 0. The van der Waals surface area contributed by atoms with Crippen LogP contribution >= 0.6 is 0 Å². The van der Waals surface area contributed by atoms with Crippen LogP contribution in [0.3, 0.4) is 0 Å². The zero-order valence-electron chi connectivity index (χ0n) is 14.8. The molecule has 0 radical (unpaired) electrons. The molecular weight excluding hydrogens is 302 g/mol. The van der Waals surface area contributed by atoms with Crippen molar-refractivity contribution in [2.75, 3.05) is 45.8 Å². The largest absolute Gasteiger partial charge is 0.339 e. The van der Waals surface area contributed by atoms with Crippen molar-refractivity contribution in [2.24, 2.45) is 0 Å². The minimum absolute atomic E-state index is 0.113. The fraction of sp³-hybridized carbons (Fsp3) is 0.579. The van der Waals surface area contributed by atoms with Crippen LogP contribution < -0.4 is 0 Å². The number of fused-ring (bicyclic) bond motifs is 1. The van der Waals surface area contributed by atoms with E-state index in [1.165, 1.54) is 11.1 Å². The van der Waals surface area contributed by atoms with Crippen LogP contribution in [0.1, 0.15) is 35.3 Å². The summed E-state index contributed by atoms with van der Waals surface area (Å²) in [5.41, 5.74) is 3.28. The van der Waals surface area contributed by atoms with Crippen molar-refractivity contribution < 1.29 is 9.59 Å². The van der Waals surface area contributed by atoms with E-state index in [0.717, 1.165) is 57.8 Å². The Balaban J connectivity index is 1.56. The highest BCUT2D eigenvalue weighted by Gasteiger charge is 2.24. The Labute approximate surface area is 144 Å². The molecule has 0 atom stereocenters. The lowest BCUT2D eigenvalue weighted by molar-refractivity contribution is -0.134. The molecule has 0 aliphatic carbocycles. The van der Waals surface area contributed by atoms with Crippen molar-refractivity contribution in [3.8, 4) is 0 Å². The van der Waals surface area contributed by atoms with Gasteiger partial charge >= 0.3 is 0 Å². The molecule has 0 bridgehead atoms. The molecule has 5 heteroatoms. The number of likely N-dealkylation sites (N-methyl/N-ethyl adjacent to an activating group) is 1. The van der Waals surface area contributed by atoms with E-state index in [0.29, 0.717) is 6.54 Å². The second kappa shape index (κ2) is 7.45. The van der Waals surface area contributed by atoms with E-state index < -0.39 is 0 Å².